The van der Waals surface area contributed by atoms with Crippen molar-refractivity contribution in [3.63, 3.8) is 0 Å². The van der Waals surface area contributed by atoms with Crippen LogP contribution in [0.4, 0.5) is 4.79 Å². The molecule has 1 unspecified atom stereocenters. The minimum Gasteiger partial charge on any atom is -0.334 e. The lowest BCUT2D eigenvalue weighted by atomic mass is 10.1. The average Bonchev–Trinajstić information content (AvgIpc) is 3.04. The maximum absolute atomic E-state index is 12.2. The number of urea groups is 1. The molecule has 0 aliphatic heterocycles. The van der Waals surface area contributed by atoms with Gasteiger partial charge in [0.2, 0.25) is 10.0 Å². The Balaban J connectivity index is 1.51. The van der Waals surface area contributed by atoms with Gasteiger partial charge in [-0.1, -0.05) is 48.5 Å². The molecule has 26 heavy (non-hydrogen) atoms. The molecule has 6 nitrogen and oxygen atoms in total. The van der Waals surface area contributed by atoms with Gasteiger partial charge in [0.25, 0.3) is 0 Å². The molecule has 2 aromatic carbocycles. The summed E-state index contributed by atoms with van der Waals surface area (Å²) in [5.74, 6) is -0.0568. The van der Waals surface area contributed by atoms with E-state index in [1.165, 1.54) is 18.2 Å². The number of hydrogen-bond acceptors (Lipinski definition) is 3. The van der Waals surface area contributed by atoms with Crippen LogP contribution in [-0.2, 0) is 28.7 Å². The zero-order valence-corrected chi connectivity index (χ0v) is 15.5. The zero-order valence-electron chi connectivity index (χ0n) is 14.7. The van der Waals surface area contributed by atoms with Crippen molar-refractivity contribution in [2.45, 2.75) is 31.2 Å². The largest absolute Gasteiger partial charge is 0.334 e. The zero-order chi connectivity index (χ0) is 18.6. The molecule has 1 aliphatic rings. The van der Waals surface area contributed by atoms with Crippen LogP contribution in [0.15, 0.2) is 48.5 Å². The monoisotopic (exact) mass is 373 g/mol. The van der Waals surface area contributed by atoms with Crippen molar-refractivity contribution < 1.29 is 13.2 Å². The Bertz CT molecular complexity index is 879. The van der Waals surface area contributed by atoms with E-state index in [-0.39, 0.29) is 17.8 Å². The first kappa shape index (κ1) is 18.4. The van der Waals surface area contributed by atoms with Crippen LogP contribution in [0.2, 0.25) is 0 Å². The SMILES string of the molecule is CNS(=O)(=O)Cc1ccc(CNC(=O)NC2CCc3ccccc32)cc1. The number of carbonyl (C=O) groups excluding carboxylic acids is 1. The van der Waals surface area contributed by atoms with Crippen molar-refractivity contribution in [3.05, 3.63) is 70.8 Å². The van der Waals surface area contributed by atoms with E-state index in [4.69, 9.17) is 0 Å². The molecule has 7 heteroatoms. The molecule has 0 saturated heterocycles. The summed E-state index contributed by atoms with van der Waals surface area (Å²) < 4.78 is 25.4. The Morgan fingerprint density at radius 3 is 2.50 bits per heavy atom. The first-order valence-electron chi connectivity index (χ1n) is 8.58. The molecule has 1 atom stereocenters. The van der Waals surface area contributed by atoms with Gasteiger partial charge >= 0.3 is 6.03 Å². The number of carbonyl (C=O) groups is 1. The van der Waals surface area contributed by atoms with Gasteiger partial charge in [0.05, 0.1) is 11.8 Å². The van der Waals surface area contributed by atoms with Crippen molar-refractivity contribution in [3.8, 4) is 0 Å². The molecule has 2 amide bonds. The molecule has 0 heterocycles. The smallest absolute Gasteiger partial charge is 0.315 e. The summed E-state index contributed by atoms with van der Waals surface area (Å²) in [5, 5.41) is 5.87. The second-order valence-corrected chi connectivity index (χ2v) is 8.32. The summed E-state index contributed by atoms with van der Waals surface area (Å²) >= 11 is 0. The van der Waals surface area contributed by atoms with Crippen LogP contribution in [0.3, 0.4) is 0 Å². The Hall–Kier alpha value is -2.38. The van der Waals surface area contributed by atoms with Crippen molar-refractivity contribution >= 4 is 16.1 Å². The molecule has 1 aliphatic carbocycles. The number of amides is 2. The Labute approximate surface area is 154 Å². The van der Waals surface area contributed by atoms with Gasteiger partial charge in [0.15, 0.2) is 0 Å². The summed E-state index contributed by atoms with van der Waals surface area (Å²) in [6.07, 6.45) is 1.90. The molecule has 0 saturated carbocycles. The fourth-order valence-electron chi connectivity index (χ4n) is 3.14. The standard InChI is InChI=1S/C19H23N3O3S/c1-20-26(24,25)13-15-8-6-14(7-9-15)12-21-19(23)22-18-11-10-16-4-2-3-5-17(16)18/h2-9,18,20H,10-13H2,1H3,(H2,21,22,23). The number of hydrogen-bond donors (Lipinski definition) is 3. The van der Waals surface area contributed by atoms with E-state index in [0.29, 0.717) is 12.1 Å². The average molecular weight is 373 g/mol. The predicted molar refractivity (Wildman–Crippen MR) is 101 cm³/mol. The molecular weight excluding hydrogens is 350 g/mol. The van der Waals surface area contributed by atoms with Crippen molar-refractivity contribution in [2.75, 3.05) is 7.05 Å². The lowest BCUT2D eigenvalue weighted by Crippen LogP contribution is -2.36. The van der Waals surface area contributed by atoms with E-state index in [2.05, 4.69) is 27.5 Å². The second kappa shape index (κ2) is 7.88. The number of fused-ring (bicyclic) bond motifs is 1. The first-order valence-corrected chi connectivity index (χ1v) is 10.2. The minimum absolute atomic E-state index is 0.0559. The molecule has 0 fully saturated rings. The van der Waals surface area contributed by atoms with Gasteiger partial charge < -0.3 is 10.6 Å². The van der Waals surface area contributed by atoms with Crippen LogP contribution in [0.25, 0.3) is 0 Å². The lowest BCUT2D eigenvalue weighted by molar-refractivity contribution is 0.236. The molecule has 3 N–H and O–H groups in total. The second-order valence-electron chi connectivity index (χ2n) is 6.40. The summed E-state index contributed by atoms with van der Waals surface area (Å²) in [5.41, 5.74) is 4.11. The normalized spacial score (nSPS) is 16.1. The number of rotatable bonds is 6. The van der Waals surface area contributed by atoms with Crippen LogP contribution in [0.1, 0.15) is 34.7 Å². The number of nitrogens with one attached hydrogen (secondary N) is 3. The molecule has 3 rings (SSSR count). The van der Waals surface area contributed by atoms with Crippen LogP contribution in [-0.4, -0.2) is 21.5 Å². The van der Waals surface area contributed by atoms with Gasteiger partial charge in [0, 0.05) is 6.54 Å². The molecular formula is C19H23N3O3S. The minimum atomic E-state index is -3.28. The highest BCUT2D eigenvalue weighted by atomic mass is 32.2. The van der Waals surface area contributed by atoms with Crippen LogP contribution in [0.5, 0.6) is 0 Å². The van der Waals surface area contributed by atoms with E-state index < -0.39 is 10.0 Å². The maximum Gasteiger partial charge on any atom is 0.315 e. The summed E-state index contributed by atoms with van der Waals surface area (Å²) in [6.45, 7) is 0.388. The van der Waals surface area contributed by atoms with Gasteiger partial charge in [0.1, 0.15) is 0 Å². The topological polar surface area (TPSA) is 87.3 Å². The van der Waals surface area contributed by atoms with E-state index in [9.17, 15) is 13.2 Å². The third-order valence-corrected chi connectivity index (χ3v) is 5.92. The van der Waals surface area contributed by atoms with Crippen LogP contribution in [0, 0.1) is 0 Å². The van der Waals surface area contributed by atoms with E-state index in [1.54, 1.807) is 12.1 Å². The fourth-order valence-corrected chi connectivity index (χ4v) is 3.92. The highest BCUT2D eigenvalue weighted by Gasteiger charge is 2.23. The number of aryl methyl sites for hydroxylation is 1. The predicted octanol–water partition coefficient (Wildman–Crippen LogP) is 2.22. The van der Waals surface area contributed by atoms with Crippen LogP contribution >= 0.6 is 0 Å². The Morgan fingerprint density at radius 2 is 1.77 bits per heavy atom. The first-order chi connectivity index (χ1) is 12.5. The van der Waals surface area contributed by atoms with Crippen molar-refractivity contribution in [1.82, 2.24) is 15.4 Å². The summed E-state index contributed by atoms with van der Waals surface area (Å²) in [7, 11) is -1.88. The number of sulfonamides is 1. The van der Waals surface area contributed by atoms with Gasteiger partial charge in [-0.25, -0.2) is 17.9 Å². The Kier molecular flexibility index (Phi) is 5.58. The molecule has 138 valence electrons. The maximum atomic E-state index is 12.2. The Morgan fingerprint density at radius 1 is 1.08 bits per heavy atom. The van der Waals surface area contributed by atoms with Gasteiger partial charge in [-0.05, 0) is 42.1 Å². The third kappa shape index (κ3) is 4.62. The molecule has 0 spiro atoms. The molecule has 2 aromatic rings. The quantitative estimate of drug-likeness (QED) is 0.726. The van der Waals surface area contributed by atoms with E-state index >= 15 is 0 Å². The van der Waals surface area contributed by atoms with Gasteiger partial charge in [-0.15, -0.1) is 0 Å². The van der Waals surface area contributed by atoms with Crippen molar-refractivity contribution in [1.29, 1.82) is 0 Å². The van der Waals surface area contributed by atoms with E-state index in [1.807, 2.05) is 24.3 Å². The van der Waals surface area contributed by atoms with E-state index in [0.717, 1.165) is 18.4 Å². The molecule has 0 radical (unpaired) electrons. The highest BCUT2D eigenvalue weighted by Crippen LogP contribution is 2.30. The van der Waals surface area contributed by atoms with Crippen molar-refractivity contribution in [2.24, 2.45) is 0 Å². The number of benzene rings is 2. The summed E-state index contributed by atoms with van der Waals surface area (Å²) in [6, 6.07) is 15.2. The molecule has 0 aromatic heterocycles. The highest BCUT2D eigenvalue weighted by molar-refractivity contribution is 7.88. The summed E-state index contributed by atoms with van der Waals surface area (Å²) in [4.78, 5) is 12.2. The van der Waals surface area contributed by atoms with Gasteiger partial charge in [-0.2, -0.15) is 0 Å². The van der Waals surface area contributed by atoms with Crippen LogP contribution < -0.4 is 15.4 Å². The molecule has 0 bridgehead atoms. The third-order valence-electron chi connectivity index (χ3n) is 4.58. The fraction of sp³-hybridized carbons (Fsp3) is 0.316. The lowest BCUT2D eigenvalue weighted by Gasteiger charge is -2.15. The van der Waals surface area contributed by atoms with Gasteiger partial charge in [-0.3, -0.25) is 0 Å².